The maximum absolute atomic E-state index is 12.2. The molecule has 0 aliphatic rings. The summed E-state index contributed by atoms with van der Waals surface area (Å²) in [4.78, 5) is 23.1. The Morgan fingerprint density at radius 1 is 1.09 bits per heavy atom. The SMILES string of the molecule is Cn1cc(S(=O)(=O)NCCCc2ccccc2)c(=O)n(C)c1=O. The van der Waals surface area contributed by atoms with Crippen LogP contribution in [0.1, 0.15) is 12.0 Å². The average Bonchev–Trinajstić information content (AvgIpc) is 2.54. The molecule has 1 N–H and O–H groups in total. The highest BCUT2D eigenvalue weighted by atomic mass is 32.2. The summed E-state index contributed by atoms with van der Waals surface area (Å²) in [6, 6.07) is 9.71. The lowest BCUT2D eigenvalue weighted by molar-refractivity contribution is 0.568. The molecule has 23 heavy (non-hydrogen) atoms. The van der Waals surface area contributed by atoms with Gasteiger partial charge in [0.2, 0.25) is 10.0 Å². The molecule has 7 nitrogen and oxygen atoms in total. The Labute approximate surface area is 134 Å². The van der Waals surface area contributed by atoms with Crippen LogP contribution >= 0.6 is 0 Å². The monoisotopic (exact) mass is 337 g/mol. The lowest BCUT2D eigenvalue weighted by atomic mass is 10.1. The summed E-state index contributed by atoms with van der Waals surface area (Å²) in [5.41, 5.74) is -0.286. The number of hydrogen-bond acceptors (Lipinski definition) is 4. The molecule has 0 bridgehead atoms. The standard InChI is InChI=1S/C15H19N3O4S/c1-17-11-13(14(19)18(2)15(17)20)23(21,22)16-10-6-9-12-7-4-3-5-8-12/h3-5,7-8,11,16H,6,9-10H2,1-2H3. The normalized spacial score (nSPS) is 11.6. The molecule has 0 saturated heterocycles. The van der Waals surface area contributed by atoms with Crippen molar-refractivity contribution < 1.29 is 8.42 Å². The number of aromatic nitrogens is 2. The third kappa shape index (κ3) is 3.96. The van der Waals surface area contributed by atoms with Crippen molar-refractivity contribution >= 4 is 10.0 Å². The summed E-state index contributed by atoms with van der Waals surface area (Å²) in [6.45, 7) is 0.212. The number of nitrogens with one attached hydrogen (secondary N) is 1. The molecule has 0 spiro atoms. The van der Waals surface area contributed by atoms with Crippen LogP contribution < -0.4 is 16.0 Å². The fourth-order valence-electron chi connectivity index (χ4n) is 2.18. The summed E-state index contributed by atoms with van der Waals surface area (Å²) < 4.78 is 28.7. The van der Waals surface area contributed by atoms with Gasteiger partial charge in [0, 0.05) is 26.8 Å². The quantitative estimate of drug-likeness (QED) is 0.751. The Hall–Kier alpha value is -2.19. The van der Waals surface area contributed by atoms with E-state index in [9.17, 15) is 18.0 Å². The predicted octanol–water partition coefficient (Wildman–Crippen LogP) is -0.00490. The van der Waals surface area contributed by atoms with Crippen molar-refractivity contribution in [3.63, 3.8) is 0 Å². The van der Waals surface area contributed by atoms with E-state index in [2.05, 4.69) is 4.72 Å². The molecule has 0 aliphatic heterocycles. The minimum absolute atomic E-state index is 0.212. The first-order valence-corrected chi connectivity index (χ1v) is 8.61. The van der Waals surface area contributed by atoms with Gasteiger partial charge in [-0.05, 0) is 18.4 Å². The topological polar surface area (TPSA) is 90.2 Å². The van der Waals surface area contributed by atoms with Crippen molar-refractivity contribution in [2.75, 3.05) is 6.54 Å². The van der Waals surface area contributed by atoms with Crippen LogP contribution in [-0.4, -0.2) is 24.1 Å². The van der Waals surface area contributed by atoms with Gasteiger partial charge in [0.15, 0.2) is 4.90 Å². The molecule has 0 atom stereocenters. The van der Waals surface area contributed by atoms with Crippen molar-refractivity contribution in [3.05, 3.63) is 62.9 Å². The second kappa shape index (κ2) is 6.93. The number of nitrogens with zero attached hydrogens (tertiary/aromatic N) is 2. The van der Waals surface area contributed by atoms with Gasteiger partial charge in [-0.2, -0.15) is 0 Å². The van der Waals surface area contributed by atoms with E-state index in [-0.39, 0.29) is 6.54 Å². The molecule has 1 heterocycles. The molecule has 0 unspecified atom stereocenters. The molecule has 0 fully saturated rings. The number of aryl methyl sites for hydroxylation is 2. The summed E-state index contributed by atoms with van der Waals surface area (Å²) in [5.74, 6) is 0. The molecule has 124 valence electrons. The van der Waals surface area contributed by atoms with Crippen molar-refractivity contribution in [1.82, 2.24) is 13.9 Å². The number of rotatable bonds is 6. The molecule has 0 radical (unpaired) electrons. The van der Waals surface area contributed by atoms with Crippen molar-refractivity contribution in [3.8, 4) is 0 Å². The number of hydrogen-bond donors (Lipinski definition) is 1. The van der Waals surface area contributed by atoms with Crippen LogP contribution in [0.15, 0.2) is 51.0 Å². The third-order valence-corrected chi connectivity index (χ3v) is 4.92. The minimum atomic E-state index is -3.95. The lowest BCUT2D eigenvalue weighted by Crippen LogP contribution is -2.41. The van der Waals surface area contributed by atoms with E-state index < -0.39 is 26.2 Å². The number of benzene rings is 1. The van der Waals surface area contributed by atoms with E-state index >= 15 is 0 Å². The van der Waals surface area contributed by atoms with E-state index in [0.29, 0.717) is 6.42 Å². The van der Waals surface area contributed by atoms with Crippen LogP contribution in [0.25, 0.3) is 0 Å². The maximum Gasteiger partial charge on any atom is 0.330 e. The van der Waals surface area contributed by atoms with Crippen LogP contribution in [0, 0.1) is 0 Å². The highest BCUT2D eigenvalue weighted by Gasteiger charge is 2.20. The van der Waals surface area contributed by atoms with Gasteiger partial charge in [0.25, 0.3) is 5.56 Å². The Bertz CT molecular complexity index is 899. The van der Waals surface area contributed by atoms with Crippen molar-refractivity contribution in [2.24, 2.45) is 14.1 Å². The van der Waals surface area contributed by atoms with Gasteiger partial charge in [-0.25, -0.2) is 17.9 Å². The molecule has 0 saturated carbocycles. The molecule has 2 aromatic rings. The first-order valence-electron chi connectivity index (χ1n) is 7.13. The van der Waals surface area contributed by atoms with Gasteiger partial charge in [-0.1, -0.05) is 30.3 Å². The molecular weight excluding hydrogens is 318 g/mol. The van der Waals surface area contributed by atoms with Gasteiger partial charge in [0.1, 0.15) is 0 Å². The summed E-state index contributed by atoms with van der Waals surface area (Å²) >= 11 is 0. The lowest BCUT2D eigenvalue weighted by Gasteiger charge is -2.09. The van der Waals surface area contributed by atoms with Gasteiger partial charge < -0.3 is 4.57 Å². The Morgan fingerprint density at radius 2 is 1.74 bits per heavy atom. The van der Waals surface area contributed by atoms with Crippen LogP contribution in [0.2, 0.25) is 0 Å². The van der Waals surface area contributed by atoms with Crippen LogP contribution in [0.5, 0.6) is 0 Å². The highest BCUT2D eigenvalue weighted by Crippen LogP contribution is 2.03. The van der Waals surface area contributed by atoms with Crippen LogP contribution in [0.3, 0.4) is 0 Å². The first-order chi connectivity index (χ1) is 10.8. The van der Waals surface area contributed by atoms with E-state index in [0.717, 1.165) is 27.3 Å². The number of sulfonamides is 1. The smallest absolute Gasteiger partial charge is 0.302 e. The zero-order chi connectivity index (χ0) is 17.0. The van der Waals surface area contributed by atoms with Crippen molar-refractivity contribution in [1.29, 1.82) is 0 Å². The second-order valence-corrected chi connectivity index (χ2v) is 6.97. The van der Waals surface area contributed by atoms with Crippen LogP contribution in [0.4, 0.5) is 0 Å². The molecule has 2 rings (SSSR count). The van der Waals surface area contributed by atoms with Gasteiger partial charge >= 0.3 is 5.69 Å². The maximum atomic E-state index is 12.2. The highest BCUT2D eigenvalue weighted by molar-refractivity contribution is 7.89. The zero-order valence-corrected chi connectivity index (χ0v) is 13.8. The summed E-state index contributed by atoms with van der Waals surface area (Å²) in [5, 5.41) is 0. The molecule has 0 amide bonds. The van der Waals surface area contributed by atoms with E-state index in [4.69, 9.17) is 0 Å². The Balaban J connectivity index is 2.08. The minimum Gasteiger partial charge on any atom is -0.302 e. The molecule has 1 aromatic heterocycles. The van der Waals surface area contributed by atoms with Gasteiger partial charge in [-0.15, -0.1) is 0 Å². The third-order valence-electron chi connectivity index (χ3n) is 3.48. The summed E-state index contributed by atoms with van der Waals surface area (Å²) in [7, 11) is -1.30. The Morgan fingerprint density at radius 3 is 2.39 bits per heavy atom. The Kier molecular flexibility index (Phi) is 5.17. The predicted molar refractivity (Wildman–Crippen MR) is 86.9 cm³/mol. The van der Waals surface area contributed by atoms with Gasteiger partial charge in [0.05, 0.1) is 0 Å². The van der Waals surface area contributed by atoms with E-state index in [1.54, 1.807) is 0 Å². The largest absolute Gasteiger partial charge is 0.330 e. The van der Waals surface area contributed by atoms with Crippen LogP contribution in [-0.2, 0) is 30.5 Å². The molecule has 0 aliphatic carbocycles. The van der Waals surface area contributed by atoms with E-state index in [1.807, 2.05) is 30.3 Å². The van der Waals surface area contributed by atoms with Gasteiger partial charge in [-0.3, -0.25) is 9.36 Å². The first kappa shape index (κ1) is 17.2. The molecule has 8 heteroatoms. The van der Waals surface area contributed by atoms with Crippen molar-refractivity contribution in [2.45, 2.75) is 17.7 Å². The van der Waals surface area contributed by atoms with E-state index in [1.165, 1.54) is 14.1 Å². The second-order valence-electron chi connectivity index (χ2n) is 5.24. The average molecular weight is 337 g/mol. The molecule has 1 aromatic carbocycles. The molecular formula is C15H19N3O4S. The fraction of sp³-hybridized carbons (Fsp3) is 0.333. The summed E-state index contributed by atoms with van der Waals surface area (Å²) in [6.07, 6.45) is 2.38. The zero-order valence-electron chi connectivity index (χ0n) is 13.0. The fourth-order valence-corrected chi connectivity index (χ4v) is 3.41.